The highest BCUT2D eigenvalue weighted by Gasteiger charge is 2.31. The minimum absolute atomic E-state index is 0.109. The van der Waals surface area contributed by atoms with Gasteiger partial charge in [-0.3, -0.25) is 0 Å². The molecule has 1 aromatic heterocycles. The van der Waals surface area contributed by atoms with Gasteiger partial charge in [-0.2, -0.15) is 9.78 Å². The lowest BCUT2D eigenvalue weighted by Crippen LogP contribution is -2.16. The van der Waals surface area contributed by atoms with E-state index in [9.17, 15) is 17.6 Å². The standard InChI is InChI=1S/C11H9F4N3/c12-10-2-7(4-16)1-8(3-10)9-5-17-18(6-9)11(13,14)15/h1-3,5-6H,4,16H2. The number of nitrogens with two attached hydrogens (primary N) is 1. The van der Waals surface area contributed by atoms with Gasteiger partial charge in [0.15, 0.2) is 0 Å². The van der Waals surface area contributed by atoms with Crippen LogP contribution in [0.15, 0.2) is 30.6 Å². The average molecular weight is 259 g/mol. The molecule has 0 radical (unpaired) electrons. The SMILES string of the molecule is NCc1cc(F)cc(-c2cnn(C(F)(F)F)c2)c1. The third kappa shape index (κ3) is 2.51. The summed E-state index contributed by atoms with van der Waals surface area (Å²) in [5.41, 5.74) is 6.37. The molecule has 0 amide bonds. The molecule has 1 aromatic carbocycles. The lowest BCUT2D eigenvalue weighted by molar-refractivity contribution is -0.212. The highest BCUT2D eigenvalue weighted by atomic mass is 19.4. The first kappa shape index (κ1) is 12.6. The summed E-state index contributed by atoms with van der Waals surface area (Å²) in [6, 6.07) is 3.90. The zero-order valence-electron chi connectivity index (χ0n) is 9.08. The first-order valence-electron chi connectivity index (χ1n) is 5.02. The fourth-order valence-corrected chi connectivity index (χ4v) is 1.55. The summed E-state index contributed by atoms with van der Waals surface area (Å²) in [7, 11) is 0. The summed E-state index contributed by atoms with van der Waals surface area (Å²) in [6.45, 7) is 0.109. The highest BCUT2D eigenvalue weighted by molar-refractivity contribution is 5.62. The first-order chi connectivity index (χ1) is 8.40. The van der Waals surface area contributed by atoms with E-state index >= 15 is 0 Å². The second-order valence-corrected chi connectivity index (χ2v) is 3.69. The maximum Gasteiger partial charge on any atom is 0.504 e. The summed E-state index contributed by atoms with van der Waals surface area (Å²) in [6.07, 6.45) is -2.75. The number of rotatable bonds is 2. The van der Waals surface area contributed by atoms with E-state index in [-0.39, 0.29) is 16.8 Å². The number of hydrogen-bond donors (Lipinski definition) is 1. The van der Waals surface area contributed by atoms with Crippen LogP contribution in [0.5, 0.6) is 0 Å². The number of alkyl halides is 3. The van der Waals surface area contributed by atoms with Crippen molar-refractivity contribution in [3.8, 4) is 11.1 Å². The largest absolute Gasteiger partial charge is 0.504 e. The first-order valence-corrected chi connectivity index (χ1v) is 5.02. The van der Waals surface area contributed by atoms with Gasteiger partial charge in [0.25, 0.3) is 0 Å². The van der Waals surface area contributed by atoms with Crippen LogP contribution in [0, 0.1) is 5.82 Å². The molecule has 1 heterocycles. The van der Waals surface area contributed by atoms with Crippen LogP contribution in [0.3, 0.4) is 0 Å². The topological polar surface area (TPSA) is 43.8 Å². The van der Waals surface area contributed by atoms with Crippen LogP contribution in [-0.4, -0.2) is 9.78 Å². The summed E-state index contributed by atoms with van der Waals surface area (Å²) >= 11 is 0. The number of nitrogens with zero attached hydrogens (tertiary/aromatic N) is 2. The van der Waals surface area contributed by atoms with E-state index in [0.29, 0.717) is 11.1 Å². The molecule has 0 aliphatic rings. The van der Waals surface area contributed by atoms with Crippen molar-refractivity contribution in [3.63, 3.8) is 0 Å². The molecule has 0 saturated carbocycles. The Morgan fingerprint density at radius 1 is 1.17 bits per heavy atom. The smallest absolute Gasteiger partial charge is 0.326 e. The molecule has 0 spiro atoms. The quantitative estimate of drug-likeness (QED) is 0.842. The van der Waals surface area contributed by atoms with Crippen LogP contribution in [0.2, 0.25) is 0 Å². The number of hydrogen-bond acceptors (Lipinski definition) is 2. The van der Waals surface area contributed by atoms with E-state index in [1.807, 2.05) is 0 Å². The molecule has 0 saturated heterocycles. The molecular weight excluding hydrogens is 250 g/mol. The monoisotopic (exact) mass is 259 g/mol. The van der Waals surface area contributed by atoms with Crippen LogP contribution >= 0.6 is 0 Å². The lowest BCUT2D eigenvalue weighted by atomic mass is 10.1. The van der Waals surface area contributed by atoms with Crippen LogP contribution in [-0.2, 0) is 12.8 Å². The molecule has 2 rings (SSSR count). The van der Waals surface area contributed by atoms with Crippen molar-refractivity contribution in [3.05, 3.63) is 42.0 Å². The molecule has 2 N–H and O–H groups in total. The fraction of sp³-hybridized carbons (Fsp3) is 0.182. The Kier molecular flexibility index (Phi) is 3.08. The molecule has 18 heavy (non-hydrogen) atoms. The zero-order chi connectivity index (χ0) is 13.3. The molecule has 2 aromatic rings. The van der Waals surface area contributed by atoms with Crippen molar-refractivity contribution >= 4 is 0 Å². The Hall–Kier alpha value is -1.89. The molecule has 96 valence electrons. The summed E-state index contributed by atoms with van der Waals surface area (Å²) < 4.78 is 50.2. The van der Waals surface area contributed by atoms with E-state index in [1.165, 1.54) is 12.1 Å². The Bertz CT molecular complexity index is 560. The van der Waals surface area contributed by atoms with Gasteiger partial charge in [0.1, 0.15) is 5.82 Å². The molecule has 0 aliphatic heterocycles. The van der Waals surface area contributed by atoms with Crippen molar-refractivity contribution in [1.82, 2.24) is 9.78 Å². The van der Waals surface area contributed by atoms with Gasteiger partial charge in [0, 0.05) is 18.3 Å². The van der Waals surface area contributed by atoms with E-state index < -0.39 is 12.1 Å². The van der Waals surface area contributed by atoms with Gasteiger partial charge in [0.2, 0.25) is 0 Å². The van der Waals surface area contributed by atoms with E-state index in [4.69, 9.17) is 5.73 Å². The maximum absolute atomic E-state index is 13.2. The summed E-state index contributed by atoms with van der Waals surface area (Å²) in [5, 5.41) is 3.19. The number of halogens is 4. The van der Waals surface area contributed by atoms with Crippen molar-refractivity contribution in [2.75, 3.05) is 0 Å². The molecule has 7 heteroatoms. The van der Waals surface area contributed by atoms with Gasteiger partial charge in [-0.25, -0.2) is 4.39 Å². The lowest BCUT2D eigenvalue weighted by Gasteiger charge is -2.04. The Morgan fingerprint density at radius 2 is 1.89 bits per heavy atom. The van der Waals surface area contributed by atoms with E-state index in [2.05, 4.69) is 5.10 Å². The fourth-order valence-electron chi connectivity index (χ4n) is 1.55. The molecule has 0 fully saturated rings. The second kappa shape index (κ2) is 4.41. The number of benzene rings is 1. The molecular formula is C11H9F4N3. The number of aromatic nitrogens is 2. The zero-order valence-corrected chi connectivity index (χ0v) is 9.08. The van der Waals surface area contributed by atoms with Crippen molar-refractivity contribution in [2.24, 2.45) is 5.73 Å². The molecule has 0 atom stereocenters. The summed E-state index contributed by atoms with van der Waals surface area (Å²) in [5.74, 6) is -0.548. The minimum atomic E-state index is -4.58. The van der Waals surface area contributed by atoms with E-state index in [1.54, 1.807) is 0 Å². The summed E-state index contributed by atoms with van der Waals surface area (Å²) in [4.78, 5) is 0. The minimum Gasteiger partial charge on any atom is -0.326 e. The van der Waals surface area contributed by atoms with Crippen LogP contribution in [0.1, 0.15) is 5.56 Å². The highest BCUT2D eigenvalue weighted by Crippen LogP contribution is 2.26. The Morgan fingerprint density at radius 3 is 2.44 bits per heavy atom. The Balaban J connectivity index is 2.43. The average Bonchev–Trinajstić information content (AvgIpc) is 2.77. The van der Waals surface area contributed by atoms with Crippen LogP contribution in [0.25, 0.3) is 11.1 Å². The van der Waals surface area contributed by atoms with Gasteiger partial charge in [-0.15, -0.1) is 13.2 Å². The third-order valence-corrected chi connectivity index (χ3v) is 2.37. The molecule has 0 unspecified atom stereocenters. The van der Waals surface area contributed by atoms with Crippen LogP contribution in [0.4, 0.5) is 17.6 Å². The van der Waals surface area contributed by atoms with E-state index in [0.717, 1.165) is 18.5 Å². The third-order valence-electron chi connectivity index (χ3n) is 2.37. The van der Waals surface area contributed by atoms with Gasteiger partial charge in [-0.05, 0) is 29.3 Å². The van der Waals surface area contributed by atoms with Crippen molar-refractivity contribution in [1.29, 1.82) is 0 Å². The van der Waals surface area contributed by atoms with Gasteiger partial charge < -0.3 is 5.73 Å². The Labute approximate surface area is 99.8 Å². The normalized spacial score (nSPS) is 11.8. The second-order valence-electron chi connectivity index (χ2n) is 3.69. The van der Waals surface area contributed by atoms with Crippen LogP contribution < -0.4 is 5.73 Å². The predicted octanol–water partition coefficient (Wildman–Crippen LogP) is 2.62. The van der Waals surface area contributed by atoms with Crippen molar-refractivity contribution in [2.45, 2.75) is 12.8 Å². The predicted molar refractivity (Wildman–Crippen MR) is 56.8 cm³/mol. The van der Waals surface area contributed by atoms with Gasteiger partial charge in [0.05, 0.1) is 6.20 Å². The van der Waals surface area contributed by atoms with Gasteiger partial charge >= 0.3 is 6.30 Å². The molecule has 0 bridgehead atoms. The van der Waals surface area contributed by atoms with Crippen molar-refractivity contribution < 1.29 is 17.6 Å². The van der Waals surface area contributed by atoms with Gasteiger partial charge in [-0.1, -0.05) is 0 Å². The molecule has 3 nitrogen and oxygen atoms in total. The maximum atomic E-state index is 13.2. The molecule has 0 aliphatic carbocycles.